The normalized spacial score (nSPS) is 9.89. The van der Waals surface area contributed by atoms with Crippen LogP contribution in [0.15, 0.2) is 48.5 Å². The van der Waals surface area contributed by atoms with E-state index in [4.69, 9.17) is 10.5 Å². The zero-order valence-corrected chi connectivity index (χ0v) is 9.67. The lowest BCUT2D eigenvalue weighted by molar-refractivity contribution is 1.47. The van der Waals surface area contributed by atoms with Crippen LogP contribution >= 0.6 is 0 Å². The topological polar surface area (TPSA) is 47.6 Å². The molecule has 2 aromatic carbocycles. The first-order valence-corrected chi connectivity index (χ1v) is 5.51. The number of hydrogen-bond donors (Lipinski definition) is 0. The van der Waals surface area contributed by atoms with Gasteiger partial charge in [-0.05, 0) is 23.3 Å². The molecule has 2 rings (SSSR count). The fourth-order valence-corrected chi connectivity index (χ4v) is 1.67. The third-order valence-corrected chi connectivity index (χ3v) is 2.60. The van der Waals surface area contributed by atoms with Gasteiger partial charge in [0.15, 0.2) is 0 Å². The molecule has 2 heteroatoms. The molecule has 0 aliphatic heterocycles. The summed E-state index contributed by atoms with van der Waals surface area (Å²) in [6.45, 7) is 0. The van der Waals surface area contributed by atoms with E-state index >= 15 is 0 Å². The SMILES string of the molecule is N#Cc1ccccc1C=Cc1ccccc1C#N. The summed E-state index contributed by atoms with van der Waals surface area (Å²) in [7, 11) is 0. The average molecular weight is 230 g/mol. The van der Waals surface area contributed by atoms with E-state index < -0.39 is 0 Å². The van der Waals surface area contributed by atoms with E-state index in [1.54, 1.807) is 12.1 Å². The van der Waals surface area contributed by atoms with Crippen molar-refractivity contribution in [2.75, 3.05) is 0 Å². The van der Waals surface area contributed by atoms with Crippen LogP contribution in [0.3, 0.4) is 0 Å². The van der Waals surface area contributed by atoms with Crippen LogP contribution in [0.5, 0.6) is 0 Å². The van der Waals surface area contributed by atoms with Gasteiger partial charge in [0.1, 0.15) is 0 Å². The quantitative estimate of drug-likeness (QED) is 0.740. The van der Waals surface area contributed by atoms with Gasteiger partial charge < -0.3 is 0 Å². The fraction of sp³-hybridized carbons (Fsp3) is 0. The summed E-state index contributed by atoms with van der Waals surface area (Å²) in [6.07, 6.45) is 3.71. The molecule has 0 fully saturated rings. The number of nitrogens with zero attached hydrogens (tertiary/aromatic N) is 2. The monoisotopic (exact) mass is 230 g/mol. The minimum absolute atomic E-state index is 0.628. The van der Waals surface area contributed by atoms with E-state index in [0.29, 0.717) is 11.1 Å². The molecule has 2 aromatic rings. The molecule has 18 heavy (non-hydrogen) atoms. The van der Waals surface area contributed by atoms with Crippen LogP contribution in [0, 0.1) is 22.7 Å². The Balaban J connectivity index is 2.37. The van der Waals surface area contributed by atoms with Crippen molar-refractivity contribution in [3.05, 3.63) is 70.8 Å². The molecule has 0 bridgehead atoms. The first-order chi connectivity index (χ1) is 8.85. The van der Waals surface area contributed by atoms with Crippen LogP contribution in [-0.2, 0) is 0 Å². The summed E-state index contributed by atoms with van der Waals surface area (Å²) >= 11 is 0. The highest BCUT2D eigenvalue weighted by Gasteiger charge is 1.98. The van der Waals surface area contributed by atoms with Gasteiger partial charge >= 0.3 is 0 Å². The van der Waals surface area contributed by atoms with Crippen LogP contribution < -0.4 is 0 Å². The second-order valence-corrected chi connectivity index (χ2v) is 3.73. The van der Waals surface area contributed by atoms with E-state index in [-0.39, 0.29) is 0 Å². The molecular formula is C16H10N2. The molecule has 0 saturated carbocycles. The van der Waals surface area contributed by atoms with Crippen LogP contribution in [0.2, 0.25) is 0 Å². The van der Waals surface area contributed by atoms with Gasteiger partial charge in [0.2, 0.25) is 0 Å². The molecule has 2 nitrogen and oxygen atoms in total. The third kappa shape index (κ3) is 2.45. The van der Waals surface area contributed by atoms with Gasteiger partial charge in [0.25, 0.3) is 0 Å². The maximum Gasteiger partial charge on any atom is 0.0997 e. The van der Waals surface area contributed by atoms with Gasteiger partial charge in [-0.3, -0.25) is 0 Å². The molecule has 0 aliphatic carbocycles. The number of nitriles is 2. The summed E-state index contributed by atoms with van der Waals surface area (Å²) in [5.74, 6) is 0. The van der Waals surface area contributed by atoms with Crippen molar-refractivity contribution < 1.29 is 0 Å². The molecule has 0 amide bonds. The molecule has 0 saturated heterocycles. The zero-order chi connectivity index (χ0) is 12.8. The first-order valence-electron chi connectivity index (χ1n) is 5.51. The lowest BCUT2D eigenvalue weighted by Gasteiger charge is -1.98. The van der Waals surface area contributed by atoms with Gasteiger partial charge in [-0.1, -0.05) is 48.6 Å². The van der Waals surface area contributed by atoms with Crippen molar-refractivity contribution in [3.8, 4) is 12.1 Å². The summed E-state index contributed by atoms with van der Waals surface area (Å²) in [4.78, 5) is 0. The zero-order valence-electron chi connectivity index (χ0n) is 9.67. The van der Waals surface area contributed by atoms with Crippen molar-refractivity contribution in [3.63, 3.8) is 0 Å². The minimum atomic E-state index is 0.628. The molecule has 0 heterocycles. The highest BCUT2D eigenvalue weighted by Crippen LogP contribution is 2.14. The van der Waals surface area contributed by atoms with Crippen LogP contribution in [0.4, 0.5) is 0 Å². The average Bonchev–Trinajstić information content (AvgIpc) is 2.45. The van der Waals surface area contributed by atoms with Crippen molar-refractivity contribution in [2.45, 2.75) is 0 Å². The summed E-state index contributed by atoms with van der Waals surface area (Å²) in [5.41, 5.74) is 2.96. The Labute approximate surface area is 106 Å². The Morgan fingerprint density at radius 2 is 1.06 bits per heavy atom. The van der Waals surface area contributed by atoms with Crippen molar-refractivity contribution in [1.82, 2.24) is 0 Å². The van der Waals surface area contributed by atoms with Gasteiger partial charge in [-0.25, -0.2) is 0 Å². The Bertz CT molecular complexity index is 610. The van der Waals surface area contributed by atoms with Gasteiger partial charge in [-0.15, -0.1) is 0 Å². The second kappa shape index (κ2) is 5.48. The van der Waals surface area contributed by atoms with Crippen LogP contribution in [-0.4, -0.2) is 0 Å². The van der Waals surface area contributed by atoms with Crippen LogP contribution in [0.1, 0.15) is 22.3 Å². The smallest absolute Gasteiger partial charge is 0.0997 e. The molecule has 0 N–H and O–H groups in total. The molecule has 0 spiro atoms. The Morgan fingerprint density at radius 1 is 0.667 bits per heavy atom. The summed E-state index contributed by atoms with van der Waals surface area (Å²) < 4.78 is 0. The predicted octanol–water partition coefficient (Wildman–Crippen LogP) is 3.60. The minimum Gasteiger partial charge on any atom is -0.192 e. The van der Waals surface area contributed by atoms with E-state index in [1.165, 1.54) is 0 Å². The fourth-order valence-electron chi connectivity index (χ4n) is 1.67. The summed E-state index contributed by atoms with van der Waals surface area (Å²) in [5, 5.41) is 18.0. The maximum atomic E-state index is 8.98. The molecular weight excluding hydrogens is 220 g/mol. The van der Waals surface area contributed by atoms with E-state index in [2.05, 4.69) is 12.1 Å². The first kappa shape index (κ1) is 11.6. The number of benzene rings is 2. The van der Waals surface area contributed by atoms with Crippen molar-refractivity contribution >= 4 is 12.2 Å². The Morgan fingerprint density at radius 3 is 1.44 bits per heavy atom. The number of hydrogen-bond acceptors (Lipinski definition) is 2. The Kier molecular flexibility index (Phi) is 3.54. The van der Waals surface area contributed by atoms with Gasteiger partial charge in [0, 0.05) is 0 Å². The van der Waals surface area contributed by atoms with E-state index in [1.807, 2.05) is 48.6 Å². The lowest BCUT2D eigenvalue weighted by atomic mass is 10.0. The second-order valence-electron chi connectivity index (χ2n) is 3.73. The molecule has 0 radical (unpaired) electrons. The van der Waals surface area contributed by atoms with Crippen molar-refractivity contribution in [2.24, 2.45) is 0 Å². The highest BCUT2D eigenvalue weighted by atomic mass is 14.2. The van der Waals surface area contributed by atoms with E-state index in [0.717, 1.165) is 11.1 Å². The van der Waals surface area contributed by atoms with Crippen molar-refractivity contribution in [1.29, 1.82) is 10.5 Å². The number of rotatable bonds is 2. The maximum absolute atomic E-state index is 8.98. The lowest BCUT2D eigenvalue weighted by Crippen LogP contribution is -1.82. The van der Waals surface area contributed by atoms with Crippen LogP contribution in [0.25, 0.3) is 12.2 Å². The third-order valence-electron chi connectivity index (χ3n) is 2.60. The van der Waals surface area contributed by atoms with Gasteiger partial charge in [-0.2, -0.15) is 10.5 Å². The molecule has 0 atom stereocenters. The standard InChI is InChI=1S/C16H10N2/c17-11-15-7-3-1-5-13(15)9-10-14-6-2-4-8-16(14)12-18/h1-10H. The molecule has 0 aromatic heterocycles. The summed E-state index contributed by atoms with van der Waals surface area (Å²) in [6, 6.07) is 19.0. The van der Waals surface area contributed by atoms with E-state index in [9.17, 15) is 0 Å². The molecule has 0 aliphatic rings. The molecule has 84 valence electrons. The Hall–Kier alpha value is -2.84. The van der Waals surface area contributed by atoms with Gasteiger partial charge in [0.05, 0.1) is 23.3 Å². The molecule has 0 unspecified atom stereocenters. The predicted molar refractivity (Wildman–Crippen MR) is 71.2 cm³/mol. The highest BCUT2D eigenvalue weighted by molar-refractivity contribution is 5.74. The largest absolute Gasteiger partial charge is 0.192 e.